The van der Waals surface area contributed by atoms with Gasteiger partial charge in [0.05, 0.1) is 19.2 Å². The summed E-state index contributed by atoms with van der Waals surface area (Å²) in [6.07, 6.45) is 0. The van der Waals surface area contributed by atoms with Gasteiger partial charge in [-0.3, -0.25) is 9.59 Å². The van der Waals surface area contributed by atoms with E-state index in [9.17, 15) is 9.59 Å². The topological polar surface area (TPSA) is 85.9 Å². The van der Waals surface area contributed by atoms with Crippen LogP contribution in [0.3, 0.4) is 0 Å². The predicted molar refractivity (Wildman–Crippen MR) is 124 cm³/mol. The fraction of sp³-hybridized carbons (Fsp3) is 0.280. The molecule has 7 heteroatoms. The monoisotopic (exact) mass is 436 g/mol. The second-order valence-corrected chi connectivity index (χ2v) is 7.49. The van der Waals surface area contributed by atoms with Crippen molar-refractivity contribution in [3.63, 3.8) is 0 Å². The number of benzene rings is 3. The summed E-state index contributed by atoms with van der Waals surface area (Å²) in [5, 5.41) is 7.45. The third-order valence-electron chi connectivity index (χ3n) is 4.62. The first-order chi connectivity index (χ1) is 15.5. The number of carbonyl (C=O) groups excluding carboxylic acids is 2. The lowest BCUT2D eigenvalue weighted by Gasteiger charge is -2.14. The summed E-state index contributed by atoms with van der Waals surface area (Å²) in [6.45, 7) is 4.20. The van der Waals surface area contributed by atoms with Crippen LogP contribution in [0.25, 0.3) is 10.8 Å². The van der Waals surface area contributed by atoms with Crippen LogP contribution >= 0.6 is 0 Å². The maximum Gasteiger partial charge on any atom is 0.258 e. The molecular weight excluding hydrogens is 408 g/mol. The molecule has 32 heavy (non-hydrogen) atoms. The van der Waals surface area contributed by atoms with Crippen molar-refractivity contribution in [2.24, 2.45) is 0 Å². The molecule has 0 atom stereocenters. The summed E-state index contributed by atoms with van der Waals surface area (Å²) in [4.78, 5) is 24.9. The van der Waals surface area contributed by atoms with Crippen LogP contribution in [0.1, 0.15) is 24.2 Å². The Hall–Kier alpha value is -3.74. The van der Waals surface area contributed by atoms with E-state index < -0.39 is 0 Å². The van der Waals surface area contributed by atoms with Crippen LogP contribution in [0, 0.1) is 0 Å². The summed E-state index contributed by atoms with van der Waals surface area (Å²) in [7, 11) is 1.60. The third kappa shape index (κ3) is 6.38. The molecule has 0 heterocycles. The first-order valence-electron chi connectivity index (χ1n) is 10.5. The van der Waals surface area contributed by atoms with Crippen LogP contribution in [0.5, 0.6) is 17.2 Å². The van der Waals surface area contributed by atoms with E-state index in [2.05, 4.69) is 10.6 Å². The summed E-state index contributed by atoms with van der Waals surface area (Å²) >= 11 is 0. The molecule has 0 aliphatic heterocycles. The Morgan fingerprint density at radius 2 is 1.56 bits per heavy atom. The van der Waals surface area contributed by atoms with Gasteiger partial charge >= 0.3 is 0 Å². The number of methoxy groups -OCH3 is 1. The zero-order chi connectivity index (χ0) is 22.9. The molecule has 3 aromatic carbocycles. The van der Waals surface area contributed by atoms with E-state index in [-0.39, 0.29) is 24.5 Å². The van der Waals surface area contributed by atoms with Crippen molar-refractivity contribution in [1.29, 1.82) is 0 Å². The highest BCUT2D eigenvalue weighted by Crippen LogP contribution is 2.26. The predicted octanol–water partition coefficient (Wildman–Crippen LogP) is 3.56. The van der Waals surface area contributed by atoms with E-state index >= 15 is 0 Å². The Morgan fingerprint density at radius 1 is 0.906 bits per heavy atom. The molecule has 0 bridgehead atoms. The maximum atomic E-state index is 12.9. The van der Waals surface area contributed by atoms with E-state index in [1.165, 1.54) is 0 Å². The van der Waals surface area contributed by atoms with E-state index in [1.54, 1.807) is 31.4 Å². The van der Waals surface area contributed by atoms with Crippen molar-refractivity contribution in [3.8, 4) is 17.2 Å². The van der Waals surface area contributed by atoms with Crippen molar-refractivity contribution in [2.75, 3.05) is 26.9 Å². The second kappa shape index (κ2) is 11.0. The molecule has 7 nitrogen and oxygen atoms in total. The quantitative estimate of drug-likeness (QED) is 0.475. The summed E-state index contributed by atoms with van der Waals surface area (Å²) in [6, 6.07) is 18.5. The zero-order valence-corrected chi connectivity index (χ0v) is 18.5. The van der Waals surface area contributed by atoms with E-state index in [1.807, 2.05) is 50.2 Å². The van der Waals surface area contributed by atoms with Crippen molar-refractivity contribution in [1.82, 2.24) is 10.6 Å². The van der Waals surface area contributed by atoms with Gasteiger partial charge in [-0.15, -0.1) is 0 Å². The van der Waals surface area contributed by atoms with E-state index in [0.29, 0.717) is 30.2 Å². The van der Waals surface area contributed by atoms with Gasteiger partial charge in [-0.05, 0) is 61.0 Å². The number of amides is 2. The smallest absolute Gasteiger partial charge is 0.258 e. The van der Waals surface area contributed by atoms with Gasteiger partial charge in [-0.2, -0.15) is 0 Å². The highest BCUT2D eigenvalue weighted by atomic mass is 16.5. The molecule has 0 radical (unpaired) electrons. The highest BCUT2D eigenvalue weighted by molar-refractivity contribution is 6.01. The lowest BCUT2D eigenvalue weighted by molar-refractivity contribution is -0.123. The number of fused-ring (bicyclic) bond motifs is 1. The minimum absolute atomic E-state index is 0.0103. The second-order valence-electron chi connectivity index (χ2n) is 7.49. The Labute approximate surface area is 187 Å². The molecule has 3 rings (SSSR count). The SMILES string of the molecule is COc1ccc(OCCNC(=O)c2cc3ccccc3cc2OCC(=O)NC(C)C)cc1. The lowest BCUT2D eigenvalue weighted by atomic mass is 10.1. The van der Waals surface area contributed by atoms with Gasteiger partial charge < -0.3 is 24.8 Å². The van der Waals surface area contributed by atoms with Crippen LogP contribution < -0.4 is 24.8 Å². The van der Waals surface area contributed by atoms with Gasteiger partial charge in [-0.25, -0.2) is 0 Å². The van der Waals surface area contributed by atoms with Gasteiger partial charge in [0, 0.05) is 6.04 Å². The molecule has 0 aromatic heterocycles. The van der Waals surface area contributed by atoms with Gasteiger partial charge in [0.1, 0.15) is 23.9 Å². The van der Waals surface area contributed by atoms with E-state index in [4.69, 9.17) is 14.2 Å². The Balaban J connectivity index is 1.64. The normalized spacial score (nSPS) is 10.6. The largest absolute Gasteiger partial charge is 0.497 e. The molecule has 168 valence electrons. The molecular formula is C25H28N2O5. The number of hydrogen-bond donors (Lipinski definition) is 2. The van der Waals surface area contributed by atoms with Crippen molar-refractivity contribution in [3.05, 3.63) is 66.2 Å². The molecule has 2 N–H and O–H groups in total. The number of carbonyl (C=O) groups is 2. The van der Waals surface area contributed by atoms with Crippen LogP contribution in [0.15, 0.2) is 60.7 Å². The molecule has 0 saturated heterocycles. The molecule has 2 amide bonds. The molecule has 0 aliphatic rings. The minimum Gasteiger partial charge on any atom is -0.497 e. The minimum atomic E-state index is -0.298. The van der Waals surface area contributed by atoms with Crippen molar-refractivity contribution in [2.45, 2.75) is 19.9 Å². The summed E-state index contributed by atoms with van der Waals surface area (Å²) < 4.78 is 16.5. The number of nitrogens with one attached hydrogen (secondary N) is 2. The van der Waals surface area contributed by atoms with Crippen LogP contribution in [-0.4, -0.2) is 44.7 Å². The first kappa shape index (κ1) is 22.9. The average molecular weight is 437 g/mol. The summed E-state index contributed by atoms with van der Waals surface area (Å²) in [5.41, 5.74) is 0.366. The van der Waals surface area contributed by atoms with Crippen molar-refractivity contribution >= 4 is 22.6 Å². The number of hydrogen-bond acceptors (Lipinski definition) is 5. The maximum absolute atomic E-state index is 12.9. The Morgan fingerprint density at radius 3 is 2.22 bits per heavy atom. The fourth-order valence-corrected chi connectivity index (χ4v) is 3.12. The average Bonchev–Trinajstić information content (AvgIpc) is 2.79. The Kier molecular flexibility index (Phi) is 7.91. The summed E-state index contributed by atoms with van der Waals surface area (Å²) in [5.74, 6) is 1.25. The molecule has 0 unspecified atom stereocenters. The number of ether oxygens (including phenoxy) is 3. The van der Waals surface area contributed by atoms with Crippen molar-refractivity contribution < 1.29 is 23.8 Å². The van der Waals surface area contributed by atoms with E-state index in [0.717, 1.165) is 16.5 Å². The zero-order valence-electron chi connectivity index (χ0n) is 18.5. The fourth-order valence-electron chi connectivity index (χ4n) is 3.12. The molecule has 0 spiro atoms. The highest BCUT2D eigenvalue weighted by Gasteiger charge is 2.15. The number of rotatable bonds is 10. The molecule has 0 aliphatic carbocycles. The van der Waals surface area contributed by atoms with Gasteiger partial charge in [-0.1, -0.05) is 24.3 Å². The van der Waals surface area contributed by atoms with Gasteiger partial charge in [0.25, 0.3) is 11.8 Å². The first-order valence-corrected chi connectivity index (χ1v) is 10.5. The van der Waals surface area contributed by atoms with Gasteiger partial charge in [0.15, 0.2) is 6.61 Å². The lowest BCUT2D eigenvalue weighted by Crippen LogP contribution is -2.34. The van der Waals surface area contributed by atoms with Crippen LogP contribution in [0.4, 0.5) is 0 Å². The molecule has 0 fully saturated rings. The molecule has 0 saturated carbocycles. The van der Waals surface area contributed by atoms with Crippen LogP contribution in [-0.2, 0) is 4.79 Å². The van der Waals surface area contributed by atoms with Crippen LogP contribution in [0.2, 0.25) is 0 Å². The Bertz CT molecular complexity index is 1060. The third-order valence-corrected chi connectivity index (χ3v) is 4.62. The molecule has 3 aromatic rings. The standard InChI is InChI=1S/C25H28N2O5/c1-17(2)27-24(28)16-32-23-15-19-7-5-4-6-18(19)14-22(23)25(29)26-12-13-31-21-10-8-20(30-3)9-11-21/h4-11,14-15,17H,12-13,16H2,1-3H3,(H,26,29)(H,27,28). The van der Waals surface area contributed by atoms with Gasteiger partial charge in [0.2, 0.25) is 0 Å².